The first-order chi connectivity index (χ1) is 10.2. The molecule has 1 fully saturated rings. The third-order valence-electron chi connectivity index (χ3n) is 4.03. The molecule has 21 heavy (non-hydrogen) atoms. The summed E-state index contributed by atoms with van der Waals surface area (Å²) in [4.78, 5) is 11.0. The summed E-state index contributed by atoms with van der Waals surface area (Å²) in [6, 6.07) is 4.23. The van der Waals surface area contributed by atoms with Crippen LogP contribution in [-0.2, 0) is 6.42 Å². The van der Waals surface area contributed by atoms with Crippen LogP contribution in [0.15, 0.2) is 29.0 Å². The molecule has 2 aromatic rings. The van der Waals surface area contributed by atoms with E-state index in [1.807, 2.05) is 12.3 Å². The molecular formula is C15H21N5O. The van der Waals surface area contributed by atoms with Crippen molar-refractivity contribution >= 4 is 0 Å². The van der Waals surface area contributed by atoms with Gasteiger partial charge in [0, 0.05) is 38.4 Å². The summed E-state index contributed by atoms with van der Waals surface area (Å²) in [6.07, 6.45) is 4.41. The van der Waals surface area contributed by atoms with E-state index in [2.05, 4.69) is 45.4 Å². The van der Waals surface area contributed by atoms with Gasteiger partial charge in [-0.05, 0) is 24.6 Å². The maximum Gasteiger partial charge on any atom is 0.227 e. The molecule has 2 unspecified atom stereocenters. The van der Waals surface area contributed by atoms with Gasteiger partial charge >= 0.3 is 0 Å². The molecule has 6 nitrogen and oxygen atoms in total. The standard InChI is InChI=1S/C15H21N5O/c1-11(12-4-3-5-16-9-12)8-14-18-15(19-21-14)13-10-17-6-7-20(13)2/h3-5,9,11,13,17H,6-8,10H2,1-2H3. The van der Waals surface area contributed by atoms with Gasteiger partial charge in [0.05, 0.1) is 6.04 Å². The minimum Gasteiger partial charge on any atom is -0.339 e. The summed E-state index contributed by atoms with van der Waals surface area (Å²) in [6.45, 7) is 5.03. The monoisotopic (exact) mass is 287 g/mol. The lowest BCUT2D eigenvalue weighted by Gasteiger charge is -2.30. The minimum atomic E-state index is 0.199. The summed E-state index contributed by atoms with van der Waals surface area (Å²) in [7, 11) is 2.10. The second-order valence-electron chi connectivity index (χ2n) is 5.64. The van der Waals surface area contributed by atoms with Crippen molar-refractivity contribution in [1.82, 2.24) is 25.3 Å². The van der Waals surface area contributed by atoms with Gasteiger partial charge < -0.3 is 9.84 Å². The Balaban J connectivity index is 1.67. The van der Waals surface area contributed by atoms with Crippen molar-refractivity contribution in [2.24, 2.45) is 0 Å². The summed E-state index contributed by atoms with van der Waals surface area (Å²) >= 11 is 0. The number of hydrogen-bond acceptors (Lipinski definition) is 6. The Bertz CT molecular complexity index is 570. The molecule has 112 valence electrons. The van der Waals surface area contributed by atoms with Crippen molar-refractivity contribution in [2.45, 2.75) is 25.3 Å². The van der Waals surface area contributed by atoms with Crippen LogP contribution in [-0.4, -0.2) is 46.7 Å². The zero-order valence-electron chi connectivity index (χ0n) is 12.5. The molecule has 0 aromatic carbocycles. The molecule has 0 radical (unpaired) electrons. The van der Waals surface area contributed by atoms with Gasteiger partial charge in [-0.2, -0.15) is 4.98 Å². The fourth-order valence-corrected chi connectivity index (χ4v) is 2.63. The molecule has 2 atom stereocenters. The fraction of sp³-hybridized carbons (Fsp3) is 0.533. The van der Waals surface area contributed by atoms with Gasteiger partial charge in [0.25, 0.3) is 0 Å². The Morgan fingerprint density at radius 2 is 2.43 bits per heavy atom. The maximum atomic E-state index is 5.42. The first kappa shape index (κ1) is 14.2. The van der Waals surface area contributed by atoms with E-state index in [0.29, 0.717) is 11.8 Å². The lowest BCUT2D eigenvalue weighted by atomic mass is 10.00. The van der Waals surface area contributed by atoms with Crippen molar-refractivity contribution < 1.29 is 4.52 Å². The number of nitrogens with zero attached hydrogens (tertiary/aromatic N) is 4. The molecule has 3 rings (SSSR count). The number of nitrogens with one attached hydrogen (secondary N) is 1. The van der Waals surface area contributed by atoms with Crippen molar-refractivity contribution in [1.29, 1.82) is 0 Å². The zero-order chi connectivity index (χ0) is 14.7. The largest absolute Gasteiger partial charge is 0.339 e. The summed E-state index contributed by atoms with van der Waals surface area (Å²) in [5, 5.41) is 7.52. The van der Waals surface area contributed by atoms with E-state index in [1.165, 1.54) is 5.56 Å². The van der Waals surface area contributed by atoms with Crippen LogP contribution in [0.25, 0.3) is 0 Å². The minimum absolute atomic E-state index is 0.199. The van der Waals surface area contributed by atoms with E-state index in [4.69, 9.17) is 4.52 Å². The van der Waals surface area contributed by atoms with Gasteiger partial charge in [-0.25, -0.2) is 0 Å². The topological polar surface area (TPSA) is 67.1 Å². The highest BCUT2D eigenvalue weighted by atomic mass is 16.5. The fourth-order valence-electron chi connectivity index (χ4n) is 2.63. The molecule has 6 heteroatoms. The average Bonchev–Trinajstić information content (AvgIpc) is 2.97. The van der Waals surface area contributed by atoms with Crippen LogP contribution in [0.1, 0.15) is 36.2 Å². The van der Waals surface area contributed by atoms with Crippen molar-refractivity contribution in [3.8, 4) is 0 Å². The van der Waals surface area contributed by atoms with Crippen LogP contribution in [0.3, 0.4) is 0 Å². The van der Waals surface area contributed by atoms with E-state index in [1.54, 1.807) is 6.20 Å². The van der Waals surface area contributed by atoms with Gasteiger partial charge in [0.1, 0.15) is 0 Å². The summed E-state index contributed by atoms with van der Waals surface area (Å²) in [5.41, 5.74) is 1.19. The molecule has 1 aliphatic heterocycles. The Hall–Kier alpha value is -1.79. The van der Waals surface area contributed by atoms with E-state index >= 15 is 0 Å². The molecule has 3 heterocycles. The molecule has 1 N–H and O–H groups in total. The zero-order valence-corrected chi connectivity index (χ0v) is 12.5. The van der Waals surface area contributed by atoms with E-state index in [-0.39, 0.29) is 6.04 Å². The van der Waals surface area contributed by atoms with Gasteiger partial charge in [-0.3, -0.25) is 9.88 Å². The Morgan fingerprint density at radius 1 is 1.52 bits per heavy atom. The number of hydrogen-bond donors (Lipinski definition) is 1. The SMILES string of the molecule is CC(Cc1nc(C2CNCCN2C)no1)c1cccnc1. The molecule has 2 aromatic heterocycles. The van der Waals surface area contributed by atoms with E-state index in [0.717, 1.165) is 31.9 Å². The molecule has 0 aliphatic carbocycles. The predicted molar refractivity (Wildman–Crippen MR) is 78.9 cm³/mol. The van der Waals surface area contributed by atoms with Crippen LogP contribution in [0.2, 0.25) is 0 Å². The molecule has 0 bridgehead atoms. The second kappa shape index (κ2) is 6.32. The molecule has 1 saturated heterocycles. The third-order valence-corrected chi connectivity index (χ3v) is 4.03. The number of likely N-dealkylation sites (N-methyl/N-ethyl adjacent to an activating group) is 1. The van der Waals surface area contributed by atoms with Crippen LogP contribution >= 0.6 is 0 Å². The highest BCUT2D eigenvalue weighted by Gasteiger charge is 2.25. The van der Waals surface area contributed by atoms with Crippen molar-refractivity contribution in [2.75, 3.05) is 26.7 Å². The highest BCUT2D eigenvalue weighted by molar-refractivity contribution is 5.15. The van der Waals surface area contributed by atoms with E-state index < -0.39 is 0 Å². The molecule has 0 saturated carbocycles. The molecule has 0 spiro atoms. The normalized spacial score (nSPS) is 21.3. The number of rotatable bonds is 4. The van der Waals surface area contributed by atoms with Crippen molar-refractivity contribution in [3.05, 3.63) is 41.8 Å². The average molecular weight is 287 g/mol. The van der Waals surface area contributed by atoms with Crippen molar-refractivity contribution in [3.63, 3.8) is 0 Å². The summed E-state index contributed by atoms with van der Waals surface area (Å²) in [5.74, 6) is 1.78. The van der Waals surface area contributed by atoms with Gasteiger partial charge in [0.2, 0.25) is 5.89 Å². The smallest absolute Gasteiger partial charge is 0.227 e. The first-order valence-corrected chi connectivity index (χ1v) is 7.37. The number of piperazine rings is 1. The lowest BCUT2D eigenvalue weighted by molar-refractivity contribution is 0.190. The van der Waals surface area contributed by atoms with Gasteiger partial charge in [0.15, 0.2) is 5.82 Å². The quantitative estimate of drug-likeness (QED) is 0.916. The second-order valence-corrected chi connectivity index (χ2v) is 5.64. The third kappa shape index (κ3) is 3.28. The maximum absolute atomic E-state index is 5.42. The first-order valence-electron chi connectivity index (χ1n) is 7.37. The summed E-state index contributed by atoms with van der Waals surface area (Å²) < 4.78 is 5.42. The van der Waals surface area contributed by atoms with Crippen LogP contribution in [0.4, 0.5) is 0 Å². The Kier molecular flexibility index (Phi) is 4.26. The Morgan fingerprint density at radius 3 is 3.19 bits per heavy atom. The predicted octanol–water partition coefficient (Wildman–Crippen LogP) is 1.39. The molecule has 0 amide bonds. The van der Waals surface area contributed by atoms with E-state index in [9.17, 15) is 0 Å². The number of aromatic nitrogens is 3. The molecule has 1 aliphatic rings. The van der Waals surface area contributed by atoms with Crippen LogP contribution in [0, 0.1) is 0 Å². The highest BCUT2D eigenvalue weighted by Crippen LogP contribution is 2.21. The van der Waals surface area contributed by atoms with Crippen LogP contribution in [0.5, 0.6) is 0 Å². The van der Waals surface area contributed by atoms with Crippen LogP contribution < -0.4 is 5.32 Å². The van der Waals surface area contributed by atoms with Gasteiger partial charge in [-0.15, -0.1) is 0 Å². The molecular weight excluding hydrogens is 266 g/mol. The Labute approximate surface area is 124 Å². The number of pyridine rings is 1. The van der Waals surface area contributed by atoms with Gasteiger partial charge in [-0.1, -0.05) is 18.1 Å². The lowest BCUT2D eigenvalue weighted by Crippen LogP contribution is -2.44.